The highest BCUT2D eigenvalue weighted by atomic mass is 32.2. The highest BCUT2D eigenvalue weighted by Gasteiger charge is 2.61. The molecule has 0 amide bonds. The number of hydrogen-bond donors (Lipinski definition) is 0. The molecule has 2 heterocycles. The van der Waals surface area contributed by atoms with Gasteiger partial charge >= 0.3 is 0 Å². The van der Waals surface area contributed by atoms with E-state index in [2.05, 4.69) is 103 Å². The van der Waals surface area contributed by atoms with Crippen molar-refractivity contribution in [1.29, 1.82) is 0 Å². The molecule has 48 heavy (non-hydrogen) atoms. The van der Waals surface area contributed by atoms with Gasteiger partial charge < -0.3 is 0 Å². The van der Waals surface area contributed by atoms with E-state index in [0.717, 1.165) is 49.4 Å². The van der Waals surface area contributed by atoms with Crippen LogP contribution < -0.4 is 0 Å². The molecule has 0 saturated heterocycles. The lowest BCUT2D eigenvalue weighted by Gasteiger charge is -2.63. The van der Waals surface area contributed by atoms with Crippen LogP contribution in [0.1, 0.15) is 43.2 Å². The second kappa shape index (κ2) is 10.9. The van der Waals surface area contributed by atoms with E-state index in [1.54, 1.807) is 0 Å². The Morgan fingerprint density at radius 3 is 1.67 bits per heavy atom. The lowest BCUT2D eigenvalue weighted by molar-refractivity contribution is -0.0445. The van der Waals surface area contributed by atoms with Crippen molar-refractivity contribution < 1.29 is 4.21 Å². The van der Waals surface area contributed by atoms with Gasteiger partial charge in [0.2, 0.25) is 0 Å². The zero-order chi connectivity index (χ0) is 31.8. The van der Waals surface area contributed by atoms with E-state index in [1.807, 2.05) is 24.3 Å². The fraction of sp³-hybridized carbons (Fsp3) is 0.233. The molecule has 6 aromatic rings. The topological polar surface area (TPSA) is 55.7 Å². The van der Waals surface area contributed by atoms with Crippen molar-refractivity contribution >= 4 is 10.8 Å². The first-order valence-corrected chi connectivity index (χ1v) is 18.4. The first-order valence-electron chi connectivity index (χ1n) is 17.3. The van der Waals surface area contributed by atoms with Crippen LogP contribution in [0.5, 0.6) is 0 Å². The highest BCUT2D eigenvalue weighted by molar-refractivity contribution is 7.85. The average Bonchev–Trinajstić information content (AvgIpc) is 3.15. The van der Waals surface area contributed by atoms with Crippen LogP contribution in [0.3, 0.4) is 0 Å². The number of rotatable bonds is 4. The summed E-state index contributed by atoms with van der Waals surface area (Å²) in [6, 6.07) is 44.2. The number of benzene rings is 5. The summed E-state index contributed by atoms with van der Waals surface area (Å²) in [5, 5.41) is 0. The van der Waals surface area contributed by atoms with Crippen LogP contribution in [0.4, 0.5) is 0 Å². The number of nitrogens with zero attached hydrogens (tertiary/aromatic N) is 3. The predicted octanol–water partition coefficient (Wildman–Crippen LogP) is 9.76. The number of hydrogen-bond acceptors (Lipinski definition) is 4. The Bertz CT molecular complexity index is 2200. The third-order valence-corrected chi connectivity index (χ3v) is 13.2. The van der Waals surface area contributed by atoms with Gasteiger partial charge in [0, 0.05) is 31.9 Å². The van der Waals surface area contributed by atoms with Crippen molar-refractivity contribution in [1.82, 2.24) is 15.0 Å². The SMILES string of the molecule is O=S1c2ccccc2C2(c3cc(-c4nc(-c5ccccc5)nc(-c5cccc(-c6ccccc6)c5)n4)ccc31)C1CC3CC(C1)CC2C3. The summed E-state index contributed by atoms with van der Waals surface area (Å²) < 4.78 is 14.3. The maximum atomic E-state index is 14.3. The zero-order valence-electron chi connectivity index (χ0n) is 26.6. The number of aromatic nitrogens is 3. The quantitative estimate of drug-likeness (QED) is 0.192. The molecule has 4 saturated carbocycles. The summed E-state index contributed by atoms with van der Waals surface area (Å²) in [5.74, 6) is 4.73. The molecule has 1 unspecified atom stereocenters. The summed E-state index contributed by atoms with van der Waals surface area (Å²) in [6.07, 6.45) is 6.46. The van der Waals surface area contributed by atoms with Crippen LogP contribution in [-0.2, 0) is 16.2 Å². The monoisotopic (exact) mass is 641 g/mol. The lowest BCUT2D eigenvalue weighted by atomic mass is 9.42. The molecule has 0 radical (unpaired) electrons. The van der Waals surface area contributed by atoms with E-state index in [4.69, 9.17) is 15.0 Å². The third kappa shape index (κ3) is 4.26. The predicted molar refractivity (Wildman–Crippen MR) is 191 cm³/mol. The van der Waals surface area contributed by atoms with Gasteiger partial charge in [-0.15, -0.1) is 0 Å². The molecule has 5 aliphatic rings. The summed E-state index contributed by atoms with van der Waals surface area (Å²) >= 11 is 0. The van der Waals surface area contributed by atoms with Crippen LogP contribution in [-0.4, -0.2) is 19.2 Å². The van der Waals surface area contributed by atoms with Crippen LogP contribution in [0, 0.1) is 23.7 Å². The van der Waals surface area contributed by atoms with Crippen molar-refractivity contribution in [3.8, 4) is 45.3 Å². The Morgan fingerprint density at radius 2 is 0.979 bits per heavy atom. The van der Waals surface area contributed by atoms with Crippen molar-refractivity contribution in [2.24, 2.45) is 23.7 Å². The Hall–Kier alpha value is -4.74. The third-order valence-electron chi connectivity index (χ3n) is 11.7. The average molecular weight is 642 g/mol. The van der Waals surface area contributed by atoms with Crippen LogP contribution in [0.25, 0.3) is 45.3 Å². The summed E-state index contributed by atoms with van der Waals surface area (Å²) in [6.45, 7) is 0. The fourth-order valence-corrected chi connectivity index (χ4v) is 11.5. The van der Waals surface area contributed by atoms with Gasteiger partial charge in [0.25, 0.3) is 0 Å². The van der Waals surface area contributed by atoms with Gasteiger partial charge in [-0.2, -0.15) is 0 Å². The molecule has 1 aliphatic heterocycles. The van der Waals surface area contributed by atoms with Gasteiger partial charge in [-0.1, -0.05) is 97.1 Å². The maximum Gasteiger partial charge on any atom is 0.164 e. The molecule has 4 fully saturated rings. The Labute approximate surface area is 283 Å². The Balaban J connectivity index is 1.17. The molecule has 1 atom stereocenters. The van der Waals surface area contributed by atoms with Gasteiger partial charge in [0.1, 0.15) is 0 Å². The normalized spacial score (nSPS) is 26.3. The van der Waals surface area contributed by atoms with Crippen molar-refractivity contribution in [2.75, 3.05) is 0 Å². The van der Waals surface area contributed by atoms with Crippen LogP contribution >= 0.6 is 0 Å². The molecular formula is C43H35N3OS. The van der Waals surface area contributed by atoms with E-state index >= 15 is 0 Å². The molecule has 4 aliphatic carbocycles. The second-order valence-corrected chi connectivity index (χ2v) is 15.7. The summed E-state index contributed by atoms with van der Waals surface area (Å²) in [4.78, 5) is 17.3. The molecule has 11 rings (SSSR count). The van der Waals surface area contributed by atoms with E-state index in [1.165, 1.54) is 43.2 Å². The standard InChI is InChI=1S/C43H35N3OS/c47-48-38-17-8-7-16-36(38)43(34-21-27-20-28(23-34)24-35(43)22-27)37-26-33(18-19-39(37)48)42-45-40(30-12-5-2-6-13-30)44-41(46-42)32-15-9-14-31(25-32)29-10-3-1-4-11-29/h1-19,25-28,34-35H,20-24H2. The lowest BCUT2D eigenvalue weighted by Crippen LogP contribution is -2.57. The molecule has 5 heteroatoms. The van der Waals surface area contributed by atoms with Crippen LogP contribution in [0.2, 0.25) is 0 Å². The Kier molecular flexibility index (Phi) is 6.42. The minimum Gasteiger partial charge on any atom is -0.249 e. The van der Waals surface area contributed by atoms with Gasteiger partial charge in [0.05, 0.1) is 10.8 Å². The fourth-order valence-electron chi connectivity index (χ4n) is 10.0. The number of fused-ring (bicyclic) bond motifs is 2. The van der Waals surface area contributed by atoms with E-state index in [9.17, 15) is 4.21 Å². The molecule has 0 N–H and O–H groups in total. The molecule has 5 aromatic carbocycles. The maximum absolute atomic E-state index is 14.3. The molecular weight excluding hydrogens is 607 g/mol. The van der Waals surface area contributed by atoms with E-state index < -0.39 is 10.8 Å². The van der Waals surface area contributed by atoms with Gasteiger partial charge in [-0.25, -0.2) is 19.2 Å². The first-order chi connectivity index (χ1) is 23.6. The van der Waals surface area contributed by atoms with Crippen molar-refractivity contribution in [2.45, 2.75) is 47.3 Å². The van der Waals surface area contributed by atoms with E-state index in [0.29, 0.717) is 29.3 Å². The largest absolute Gasteiger partial charge is 0.249 e. The minimum absolute atomic E-state index is 0.120. The summed E-state index contributed by atoms with van der Waals surface area (Å²) in [7, 11) is -1.23. The summed E-state index contributed by atoms with van der Waals surface area (Å²) in [5.41, 5.74) is 7.57. The van der Waals surface area contributed by atoms with Crippen LogP contribution in [0.15, 0.2) is 137 Å². The smallest absolute Gasteiger partial charge is 0.164 e. The first kappa shape index (κ1) is 28.3. The van der Waals surface area contributed by atoms with Gasteiger partial charge in [-0.3, -0.25) is 0 Å². The van der Waals surface area contributed by atoms with Crippen molar-refractivity contribution in [3.63, 3.8) is 0 Å². The molecule has 4 bridgehead atoms. The second-order valence-electron chi connectivity index (χ2n) is 14.3. The molecule has 1 spiro atoms. The van der Waals surface area contributed by atoms with Gasteiger partial charge in [-0.05, 0) is 108 Å². The zero-order valence-corrected chi connectivity index (χ0v) is 27.4. The van der Waals surface area contributed by atoms with E-state index in [-0.39, 0.29) is 5.41 Å². The molecule has 1 aromatic heterocycles. The minimum atomic E-state index is -1.23. The highest BCUT2D eigenvalue weighted by Crippen LogP contribution is 2.67. The van der Waals surface area contributed by atoms with Gasteiger partial charge in [0.15, 0.2) is 17.5 Å². The molecule has 4 nitrogen and oxygen atoms in total. The molecule has 234 valence electrons. The Morgan fingerprint density at radius 1 is 0.458 bits per heavy atom. The van der Waals surface area contributed by atoms with Crippen molar-refractivity contribution in [3.05, 3.63) is 139 Å².